The maximum Gasteiger partial charge on any atom is 0.347 e. The summed E-state index contributed by atoms with van der Waals surface area (Å²) in [5.41, 5.74) is -1.55. The summed E-state index contributed by atoms with van der Waals surface area (Å²) in [6.45, 7) is 4.14. The van der Waals surface area contributed by atoms with Crippen molar-refractivity contribution in [2.24, 2.45) is 5.41 Å². The first-order valence-corrected chi connectivity index (χ1v) is 13.1. The molecule has 3 rings (SSSR count). The van der Waals surface area contributed by atoms with Crippen LogP contribution in [0.3, 0.4) is 0 Å². The van der Waals surface area contributed by atoms with Gasteiger partial charge < -0.3 is 14.9 Å². The SMILES string of the molecule is CC(C)(C)C(=O)OCOP(=O)(O)C(C(=O)NC=Cc1ccccn1)c1csc2ccc(Cl)cc12. The lowest BCUT2D eigenvalue weighted by molar-refractivity contribution is -0.159. The second-order valence-corrected chi connectivity index (χ2v) is 11.6. The Morgan fingerprint density at radius 2 is 2.06 bits per heavy atom. The van der Waals surface area contributed by atoms with Crippen molar-refractivity contribution in [3.05, 3.63) is 70.5 Å². The Morgan fingerprint density at radius 3 is 2.74 bits per heavy atom. The van der Waals surface area contributed by atoms with Crippen LogP contribution in [0.25, 0.3) is 16.2 Å². The molecule has 2 atom stereocenters. The number of pyridine rings is 1. The number of esters is 1. The van der Waals surface area contributed by atoms with Crippen LogP contribution in [0, 0.1) is 5.41 Å². The van der Waals surface area contributed by atoms with Crippen LogP contribution >= 0.6 is 30.5 Å². The molecule has 3 aromatic rings. The quantitative estimate of drug-likeness (QED) is 0.227. The third-order valence-corrected chi connectivity index (χ3v) is 7.50. The molecule has 2 aromatic heterocycles. The highest BCUT2D eigenvalue weighted by Crippen LogP contribution is 2.58. The minimum Gasteiger partial charge on any atom is -0.438 e. The molecular weight excluding hydrogens is 499 g/mol. The van der Waals surface area contributed by atoms with Crippen LogP contribution in [-0.2, 0) is 23.4 Å². The van der Waals surface area contributed by atoms with Gasteiger partial charge in [-0.05, 0) is 73.5 Å². The summed E-state index contributed by atoms with van der Waals surface area (Å²) in [5, 5.41) is 5.10. The van der Waals surface area contributed by atoms with Gasteiger partial charge in [-0.2, -0.15) is 0 Å². The van der Waals surface area contributed by atoms with Gasteiger partial charge in [0, 0.05) is 22.1 Å². The fourth-order valence-electron chi connectivity index (χ4n) is 2.91. The van der Waals surface area contributed by atoms with E-state index in [1.807, 2.05) is 0 Å². The van der Waals surface area contributed by atoms with Crippen LogP contribution in [0.5, 0.6) is 0 Å². The van der Waals surface area contributed by atoms with E-state index in [1.165, 1.54) is 17.5 Å². The first-order valence-electron chi connectivity index (χ1n) is 10.2. The predicted octanol–water partition coefficient (Wildman–Crippen LogP) is 5.53. The number of carbonyl (C=O) groups excluding carboxylic acids is 2. The van der Waals surface area contributed by atoms with E-state index in [9.17, 15) is 19.0 Å². The van der Waals surface area contributed by atoms with Crippen LogP contribution in [0.1, 0.15) is 37.7 Å². The van der Waals surface area contributed by atoms with Crippen molar-refractivity contribution in [3.63, 3.8) is 0 Å². The monoisotopic (exact) mass is 522 g/mol. The average Bonchev–Trinajstić information content (AvgIpc) is 3.16. The second-order valence-electron chi connectivity index (χ2n) is 8.32. The molecule has 0 aliphatic heterocycles. The number of hydrogen-bond donors (Lipinski definition) is 2. The lowest BCUT2D eigenvalue weighted by Crippen LogP contribution is -2.27. The fourth-order valence-corrected chi connectivity index (χ4v) is 5.44. The molecule has 180 valence electrons. The zero-order valence-electron chi connectivity index (χ0n) is 18.7. The van der Waals surface area contributed by atoms with Crippen molar-refractivity contribution in [1.82, 2.24) is 10.3 Å². The van der Waals surface area contributed by atoms with Crippen LogP contribution in [0.4, 0.5) is 0 Å². The van der Waals surface area contributed by atoms with Gasteiger partial charge in [-0.25, -0.2) is 0 Å². The van der Waals surface area contributed by atoms with Crippen molar-refractivity contribution in [2.75, 3.05) is 6.79 Å². The zero-order chi connectivity index (χ0) is 24.9. The predicted molar refractivity (Wildman–Crippen MR) is 132 cm³/mol. The summed E-state index contributed by atoms with van der Waals surface area (Å²) in [4.78, 5) is 40.0. The van der Waals surface area contributed by atoms with E-state index in [-0.39, 0.29) is 5.56 Å². The lowest BCUT2D eigenvalue weighted by Gasteiger charge is -2.22. The molecule has 0 saturated carbocycles. The number of carbonyl (C=O) groups is 2. The molecule has 0 aliphatic carbocycles. The molecule has 0 bridgehead atoms. The van der Waals surface area contributed by atoms with Crippen LogP contribution in [-0.4, -0.2) is 28.5 Å². The van der Waals surface area contributed by atoms with E-state index in [4.69, 9.17) is 20.9 Å². The van der Waals surface area contributed by atoms with E-state index in [0.29, 0.717) is 16.1 Å². The van der Waals surface area contributed by atoms with Crippen LogP contribution < -0.4 is 5.32 Å². The fraction of sp³-hybridized carbons (Fsp3) is 0.261. The molecule has 0 radical (unpaired) electrons. The molecule has 1 aromatic carbocycles. The molecule has 1 amide bonds. The number of amides is 1. The highest BCUT2D eigenvalue weighted by Gasteiger charge is 2.42. The number of hydrogen-bond acceptors (Lipinski definition) is 7. The second kappa shape index (κ2) is 10.8. The van der Waals surface area contributed by atoms with E-state index in [1.54, 1.807) is 74.8 Å². The number of ether oxygens (including phenoxy) is 1. The maximum absolute atomic E-state index is 13.3. The number of rotatable bonds is 8. The molecule has 2 unspecified atom stereocenters. The van der Waals surface area contributed by atoms with Crippen molar-refractivity contribution < 1.29 is 28.3 Å². The molecular formula is C23H24ClN2O6PS. The molecule has 34 heavy (non-hydrogen) atoms. The smallest absolute Gasteiger partial charge is 0.347 e. The number of fused-ring (bicyclic) bond motifs is 1. The van der Waals surface area contributed by atoms with Crippen molar-refractivity contribution in [3.8, 4) is 0 Å². The van der Waals surface area contributed by atoms with Gasteiger partial charge >= 0.3 is 13.6 Å². The summed E-state index contributed by atoms with van der Waals surface area (Å²) in [7, 11) is -4.66. The molecule has 0 spiro atoms. The molecule has 0 saturated heterocycles. The largest absolute Gasteiger partial charge is 0.438 e. The van der Waals surface area contributed by atoms with Gasteiger partial charge in [-0.15, -0.1) is 11.3 Å². The standard InChI is InChI=1S/C23H24ClN2O6PS/c1-23(2,3)22(28)31-14-32-33(29,30)20(18-13-34-19-8-7-15(24)12-17(18)19)21(27)26-11-9-16-6-4-5-10-25-16/h4-13,20H,14H2,1-3H3,(H,26,27)(H,29,30). The zero-order valence-corrected chi connectivity index (χ0v) is 21.2. The van der Waals surface area contributed by atoms with Crippen molar-refractivity contribution >= 4 is 58.6 Å². The molecule has 2 heterocycles. The molecule has 2 N–H and O–H groups in total. The Morgan fingerprint density at radius 1 is 1.29 bits per heavy atom. The number of thiophene rings is 1. The van der Waals surface area contributed by atoms with Gasteiger partial charge in [0.1, 0.15) is 0 Å². The molecule has 0 fully saturated rings. The van der Waals surface area contributed by atoms with E-state index in [2.05, 4.69) is 10.3 Å². The normalized spacial score (nSPS) is 14.6. The van der Waals surface area contributed by atoms with Gasteiger partial charge in [-0.1, -0.05) is 17.7 Å². The minimum absolute atomic E-state index is 0.277. The van der Waals surface area contributed by atoms with Crippen LogP contribution in [0.2, 0.25) is 5.02 Å². The van der Waals surface area contributed by atoms with Gasteiger partial charge in [0.2, 0.25) is 12.7 Å². The number of benzene rings is 1. The van der Waals surface area contributed by atoms with Gasteiger partial charge in [0.25, 0.3) is 0 Å². The molecule has 8 nitrogen and oxygen atoms in total. The third-order valence-electron chi connectivity index (χ3n) is 4.64. The number of nitrogens with zero attached hydrogens (tertiary/aromatic N) is 1. The third kappa shape index (κ3) is 6.52. The first kappa shape index (κ1) is 26.1. The van der Waals surface area contributed by atoms with E-state index in [0.717, 1.165) is 4.70 Å². The Labute approximate surface area is 206 Å². The summed E-state index contributed by atoms with van der Waals surface area (Å²) in [6.07, 6.45) is 4.48. The van der Waals surface area contributed by atoms with Crippen molar-refractivity contribution in [1.29, 1.82) is 0 Å². The average molecular weight is 523 g/mol. The Hall–Kier alpha value is -2.55. The van der Waals surface area contributed by atoms with E-state index >= 15 is 0 Å². The topological polar surface area (TPSA) is 115 Å². The molecule has 0 aliphatic rings. The van der Waals surface area contributed by atoms with Gasteiger partial charge in [-0.3, -0.25) is 23.7 Å². The summed E-state index contributed by atoms with van der Waals surface area (Å²) >= 11 is 7.42. The van der Waals surface area contributed by atoms with E-state index < -0.39 is 37.3 Å². The first-order chi connectivity index (χ1) is 16.0. The Balaban J connectivity index is 1.88. The summed E-state index contributed by atoms with van der Waals surface area (Å²) < 4.78 is 24.1. The highest BCUT2D eigenvalue weighted by molar-refractivity contribution is 7.54. The maximum atomic E-state index is 13.3. The lowest BCUT2D eigenvalue weighted by atomic mass is 9.98. The summed E-state index contributed by atoms with van der Waals surface area (Å²) in [6, 6.07) is 10.3. The minimum atomic E-state index is -4.66. The molecule has 11 heteroatoms. The Kier molecular flexibility index (Phi) is 8.28. The number of aromatic nitrogens is 1. The summed E-state index contributed by atoms with van der Waals surface area (Å²) in [5.74, 6) is -1.39. The van der Waals surface area contributed by atoms with Gasteiger partial charge in [0.05, 0.1) is 11.1 Å². The van der Waals surface area contributed by atoms with Crippen LogP contribution in [0.15, 0.2) is 54.2 Å². The highest BCUT2D eigenvalue weighted by atomic mass is 35.5. The van der Waals surface area contributed by atoms with Gasteiger partial charge in [0.15, 0.2) is 5.66 Å². The van der Waals surface area contributed by atoms with Crippen molar-refractivity contribution in [2.45, 2.75) is 26.4 Å². The Bertz CT molecular complexity index is 1260. The number of halogens is 1. The number of nitrogens with one attached hydrogen (secondary N) is 1.